The van der Waals surface area contributed by atoms with Crippen molar-refractivity contribution >= 4 is 29.5 Å². The molecule has 1 saturated heterocycles. The van der Waals surface area contributed by atoms with E-state index in [4.69, 9.17) is 4.74 Å². The van der Waals surface area contributed by atoms with Crippen molar-refractivity contribution in [2.45, 2.75) is 165 Å². The minimum absolute atomic E-state index is 0.0308. The number of carboxylic acid groups (broad SMARTS) is 1. The summed E-state index contributed by atoms with van der Waals surface area (Å²) in [5.41, 5.74) is 1.10. The Hall–Kier alpha value is -2.71. The Morgan fingerprint density at radius 1 is 0.911 bits per heavy atom. The Bertz CT molecular complexity index is 1670. The number of esters is 1. The van der Waals surface area contributed by atoms with Gasteiger partial charge in [0.1, 0.15) is 6.10 Å². The van der Waals surface area contributed by atoms with E-state index in [-0.39, 0.29) is 63.9 Å². The summed E-state index contributed by atoms with van der Waals surface area (Å²) in [7, 11) is 0. The van der Waals surface area contributed by atoms with Gasteiger partial charge >= 0.3 is 11.9 Å². The van der Waals surface area contributed by atoms with Crippen molar-refractivity contribution in [2.24, 2.45) is 62.1 Å². The van der Waals surface area contributed by atoms with Gasteiger partial charge in [0.25, 0.3) is 0 Å². The van der Waals surface area contributed by atoms with Crippen LogP contribution >= 0.6 is 0 Å². The molecule has 0 radical (unpaired) electrons. The van der Waals surface area contributed by atoms with Gasteiger partial charge < -0.3 is 19.6 Å². The molecular weight excluding hydrogens is 705 g/mol. The van der Waals surface area contributed by atoms with E-state index in [0.717, 1.165) is 89.2 Å². The lowest BCUT2D eigenvalue weighted by Gasteiger charge is -2.72. The highest BCUT2D eigenvalue weighted by atomic mass is 16.5. The molecule has 0 aromatic heterocycles. The summed E-state index contributed by atoms with van der Waals surface area (Å²) in [6, 6.07) is 0. The van der Waals surface area contributed by atoms with Crippen molar-refractivity contribution in [3.63, 3.8) is 0 Å². The van der Waals surface area contributed by atoms with E-state index in [0.29, 0.717) is 55.4 Å². The topological polar surface area (TPSA) is 121 Å². The zero-order chi connectivity index (χ0) is 40.8. The molecule has 2 unspecified atom stereocenters. The van der Waals surface area contributed by atoms with E-state index >= 15 is 0 Å². The molecule has 7 rings (SSSR count). The number of nitrogens with zero attached hydrogens (tertiary/aromatic N) is 2. The van der Waals surface area contributed by atoms with E-state index in [1.54, 1.807) is 18.7 Å². The van der Waals surface area contributed by atoms with Gasteiger partial charge in [0.15, 0.2) is 5.78 Å². The Morgan fingerprint density at radius 2 is 1.62 bits per heavy atom. The highest BCUT2D eigenvalue weighted by molar-refractivity contribution is 6.00. The van der Waals surface area contributed by atoms with Crippen molar-refractivity contribution in [2.75, 3.05) is 26.2 Å². The number of carbonyl (C=O) groups excluding carboxylic acids is 4. The molecule has 2 amide bonds. The van der Waals surface area contributed by atoms with Crippen LogP contribution in [0.3, 0.4) is 0 Å². The number of aliphatic carboxylic acids is 1. The van der Waals surface area contributed by atoms with Crippen molar-refractivity contribution in [1.29, 1.82) is 0 Å². The highest BCUT2D eigenvalue weighted by Gasteiger charge is 2.70. The Balaban J connectivity index is 1.13. The lowest BCUT2D eigenvalue weighted by atomic mass is 9.33. The fraction of sp³-hybridized carbons (Fsp3) is 0.851. The molecule has 0 bridgehead atoms. The third kappa shape index (κ3) is 6.69. The molecule has 5 saturated carbocycles. The summed E-state index contributed by atoms with van der Waals surface area (Å²) in [6.07, 6.45) is 12.9. The standard InChI is InChI=1S/C47H72N2O7/c1-29(2)39-32(50)25-47(22-24-49(27-30-12-13-30)37(52)28-48-23-10-11-36(48)51)21-20-45(8)31(40(39)47)14-15-34-44(7)18-17-35(56-38(53)26-42(3,4)41(54)55)43(5,6)33(44)16-19-46(34,45)9/h29-31,33-35H,10-28H2,1-9H3,(H,54,55)/t31-,33?,34?,35+,44+,45-,46-,47-/m1/s1. The average Bonchev–Trinajstić information content (AvgIpc) is 3.75. The van der Waals surface area contributed by atoms with Crippen LogP contribution in [0.1, 0.15) is 159 Å². The molecule has 1 heterocycles. The second kappa shape index (κ2) is 14.2. The molecule has 1 aliphatic heterocycles. The van der Waals surface area contributed by atoms with Crippen molar-refractivity contribution in [3.8, 4) is 0 Å². The van der Waals surface area contributed by atoms with Crippen LogP contribution < -0.4 is 0 Å². The number of hydrogen-bond acceptors (Lipinski definition) is 6. The first-order valence-corrected chi connectivity index (χ1v) is 22.4. The van der Waals surface area contributed by atoms with Crippen LogP contribution in [-0.2, 0) is 28.7 Å². The molecule has 9 nitrogen and oxygen atoms in total. The normalized spacial score (nSPS) is 37.9. The van der Waals surface area contributed by atoms with Gasteiger partial charge in [-0.05, 0) is 142 Å². The maximum Gasteiger partial charge on any atom is 0.309 e. The number of hydrogen-bond donors (Lipinski definition) is 1. The van der Waals surface area contributed by atoms with Gasteiger partial charge in [0.05, 0.1) is 18.4 Å². The molecule has 8 atom stereocenters. The number of likely N-dealkylation sites (tertiary alicyclic amines) is 1. The SMILES string of the molecule is CC(C)C1=C2[C@H]3CCC4[C@@]5(C)CC[C@H](OC(=O)CC(C)(C)C(=O)O)C(C)(C)C5CC[C@@]4(C)[C@]3(C)CC[C@@]2(CCN(CC2CC2)C(=O)CN2CCCC2=O)CC1=O. The number of rotatable bonds is 12. The number of ketones is 1. The third-order valence-electron chi connectivity index (χ3n) is 17.8. The van der Waals surface area contributed by atoms with Crippen molar-refractivity contribution < 1.29 is 33.8 Å². The second-order valence-corrected chi connectivity index (χ2v) is 22.1. The molecule has 7 aliphatic rings. The summed E-state index contributed by atoms with van der Waals surface area (Å²) >= 11 is 0. The lowest BCUT2D eigenvalue weighted by Crippen LogP contribution is -2.65. The summed E-state index contributed by atoms with van der Waals surface area (Å²) < 4.78 is 6.19. The molecule has 9 heteroatoms. The monoisotopic (exact) mass is 777 g/mol. The van der Waals surface area contributed by atoms with Crippen LogP contribution in [0.5, 0.6) is 0 Å². The number of Topliss-reactive ketones (excluding diaryl/α,β-unsaturated/α-hetero) is 1. The van der Waals surface area contributed by atoms with E-state index in [9.17, 15) is 29.1 Å². The van der Waals surface area contributed by atoms with Gasteiger partial charge in [-0.1, -0.05) is 54.0 Å². The van der Waals surface area contributed by atoms with Gasteiger partial charge in [-0.2, -0.15) is 0 Å². The minimum atomic E-state index is -1.17. The minimum Gasteiger partial charge on any atom is -0.481 e. The third-order valence-corrected chi connectivity index (χ3v) is 17.8. The molecule has 0 spiro atoms. The molecule has 312 valence electrons. The molecule has 1 N–H and O–H groups in total. The molecule has 0 aromatic rings. The van der Waals surface area contributed by atoms with Crippen molar-refractivity contribution in [1.82, 2.24) is 9.80 Å². The van der Waals surface area contributed by atoms with Crippen LogP contribution in [0.4, 0.5) is 0 Å². The van der Waals surface area contributed by atoms with E-state index in [1.807, 2.05) is 0 Å². The van der Waals surface area contributed by atoms with Gasteiger partial charge in [0.2, 0.25) is 11.8 Å². The molecule has 56 heavy (non-hydrogen) atoms. The predicted molar refractivity (Wildman–Crippen MR) is 215 cm³/mol. The molecule has 6 aliphatic carbocycles. The fourth-order valence-electron chi connectivity index (χ4n) is 14.3. The number of fused-ring (bicyclic) bond motifs is 7. The Labute approximate surface area is 336 Å². The van der Waals surface area contributed by atoms with Crippen molar-refractivity contribution in [3.05, 3.63) is 11.1 Å². The van der Waals surface area contributed by atoms with Crippen LogP contribution in [-0.4, -0.2) is 76.7 Å². The van der Waals surface area contributed by atoms with Gasteiger partial charge in [-0.3, -0.25) is 24.0 Å². The maximum absolute atomic E-state index is 14.2. The number of allylic oxidation sites excluding steroid dienone is 2. The van der Waals surface area contributed by atoms with Gasteiger partial charge in [-0.25, -0.2) is 0 Å². The largest absolute Gasteiger partial charge is 0.481 e. The van der Waals surface area contributed by atoms with Crippen LogP contribution in [0.15, 0.2) is 11.1 Å². The van der Waals surface area contributed by atoms with E-state index in [1.165, 1.54) is 5.57 Å². The molecule has 6 fully saturated rings. The zero-order valence-corrected chi connectivity index (χ0v) is 36.2. The fourth-order valence-corrected chi connectivity index (χ4v) is 14.3. The number of ether oxygens (including phenoxy) is 1. The smallest absolute Gasteiger partial charge is 0.309 e. The lowest BCUT2D eigenvalue weighted by molar-refractivity contribution is -0.233. The quantitative estimate of drug-likeness (QED) is 0.197. The summed E-state index contributed by atoms with van der Waals surface area (Å²) in [4.78, 5) is 69.3. The number of carboxylic acids is 1. The number of amides is 2. The molecular formula is C47H72N2O7. The van der Waals surface area contributed by atoms with Crippen LogP contribution in [0.2, 0.25) is 0 Å². The first kappa shape index (κ1) is 41.4. The maximum atomic E-state index is 14.2. The number of carbonyl (C=O) groups is 5. The van der Waals surface area contributed by atoms with Crippen LogP contribution in [0.25, 0.3) is 0 Å². The van der Waals surface area contributed by atoms with E-state index < -0.39 is 17.4 Å². The zero-order valence-electron chi connectivity index (χ0n) is 36.2. The van der Waals surface area contributed by atoms with Gasteiger partial charge in [-0.15, -0.1) is 0 Å². The Morgan fingerprint density at radius 3 is 2.25 bits per heavy atom. The van der Waals surface area contributed by atoms with Gasteiger partial charge in [0, 0.05) is 43.3 Å². The molecule has 0 aromatic carbocycles. The summed E-state index contributed by atoms with van der Waals surface area (Å²) in [6.45, 7) is 22.1. The second-order valence-electron chi connectivity index (χ2n) is 22.1. The first-order valence-electron chi connectivity index (χ1n) is 22.4. The highest BCUT2D eigenvalue weighted by Crippen LogP contribution is 2.77. The predicted octanol–water partition coefficient (Wildman–Crippen LogP) is 8.63. The summed E-state index contributed by atoms with van der Waals surface area (Å²) in [5, 5.41) is 9.64. The van der Waals surface area contributed by atoms with Crippen LogP contribution in [0, 0.1) is 62.1 Å². The van der Waals surface area contributed by atoms with E-state index in [2.05, 4.69) is 53.4 Å². The Kier molecular flexibility index (Phi) is 10.5. The summed E-state index contributed by atoms with van der Waals surface area (Å²) in [5.74, 6) is 0.997. The first-order chi connectivity index (χ1) is 26.1. The average molecular weight is 777 g/mol.